The predicted molar refractivity (Wildman–Crippen MR) is 130 cm³/mol. The third-order valence-corrected chi connectivity index (χ3v) is 5.89. The van der Waals surface area contributed by atoms with E-state index in [1.54, 1.807) is 0 Å². The maximum absolute atomic E-state index is 13.0. The van der Waals surface area contributed by atoms with Gasteiger partial charge in [0.2, 0.25) is 5.91 Å². The van der Waals surface area contributed by atoms with Gasteiger partial charge in [0.05, 0.1) is 12.2 Å². The molecule has 166 valence electrons. The van der Waals surface area contributed by atoms with E-state index in [0.29, 0.717) is 19.1 Å². The van der Waals surface area contributed by atoms with E-state index in [1.165, 1.54) is 5.56 Å². The van der Waals surface area contributed by atoms with Crippen molar-refractivity contribution >= 4 is 5.91 Å². The molecule has 0 radical (unpaired) electrons. The number of carbonyl (C=O) groups excluding carboxylic acids is 1. The highest BCUT2D eigenvalue weighted by atomic mass is 16.2. The van der Waals surface area contributed by atoms with Crippen molar-refractivity contribution in [2.45, 2.75) is 38.0 Å². The molecule has 33 heavy (non-hydrogen) atoms. The summed E-state index contributed by atoms with van der Waals surface area (Å²) in [5.74, 6) is 0.0293. The molecule has 0 spiro atoms. The van der Waals surface area contributed by atoms with Crippen LogP contribution in [0.3, 0.4) is 0 Å². The first-order valence-corrected chi connectivity index (χ1v) is 11.5. The van der Waals surface area contributed by atoms with E-state index < -0.39 is 6.04 Å². The number of rotatable bonds is 9. The van der Waals surface area contributed by atoms with Gasteiger partial charge >= 0.3 is 0 Å². The normalized spacial score (nSPS) is 14.1. The molecule has 3 aromatic carbocycles. The van der Waals surface area contributed by atoms with Gasteiger partial charge in [0, 0.05) is 29.9 Å². The van der Waals surface area contributed by atoms with E-state index in [0.717, 1.165) is 35.2 Å². The zero-order valence-electron chi connectivity index (χ0n) is 18.5. The summed E-state index contributed by atoms with van der Waals surface area (Å²) in [7, 11) is 0. The summed E-state index contributed by atoms with van der Waals surface area (Å²) in [5, 5.41) is 11.6. The van der Waals surface area contributed by atoms with Crippen LogP contribution in [-0.2, 0) is 17.9 Å². The summed E-state index contributed by atoms with van der Waals surface area (Å²) in [6, 6.07) is 30.4. The van der Waals surface area contributed by atoms with Crippen molar-refractivity contribution < 1.29 is 4.79 Å². The zero-order valence-corrected chi connectivity index (χ0v) is 18.5. The van der Waals surface area contributed by atoms with Gasteiger partial charge in [-0.1, -0.05) is 91.0 Å². The summed E-state index contributed by atoms with van der Waals surface area (Å²) >= 11 is 0. The molecule has 0 bridgehead atoms. The van der Waals surface area contributed by atoms with Crippen molar-refractivity contribution in [1.82, 2.24) is 20.4 Å². The van der Waals surface area contributed by atoms with Crippen LogP contribution in [0.5, 0.6) is 0 Å². The van der Waals surface area contributed by atoms with Gasteiger partial charge in [0.15, 0.2) is 0 Å². The molecule has 1 amide bonds. The molecule has 2 N–H and O–H groups in total. The lowest BCUT2D eigenvalue weighted by Gasteiger charge is -2.19. The van der Waals surface area contributed by atoms with Crippen LogP contribution in [0, 0.1) is 0 Å². The number of amides is 1. The van der Waals surface area contributed by atoms with E-state index in [1.807, 2.05) is 71.4 Å². The first kappa shape index (κ1) is 21.2. The number of benzene rings is 3. The predicted octanol–water partition coefficient (Wildman–Crippen LogP) is 4.71. The topological polar surface area (TPSA) is 59.0 Å². The van der Waals surface area contributed by atoms with Gasteiger partial charge in [-0.05, 0) is 24.0 Å². The second-order valence-corrected chi connectivity index (χ2v) is 8.56. The highest BCUT2D eigenvalue weighted by molar-refractivity contribution is 5.83. The van der Waals surface area contributed by atoms with Crippen molar-refractivity contribution in [2.75, 3.05) is 0 Å². The first-order chi connectivity index (χ1) is 16.3. The Hall–Kier alpha value is -3.70. The van der Waals surface area contributed by atoms with Crippen molar-refractivity contribution in [2.24, 2.45) is 0 Å². The first-order valence-electron chi connectivity index (χ1n) is 11.5. The van der Waals surface area contributed by atoms with E-state index in [4.69, 9.17) is 5.10 Å². The van der Waals surface area contributed by atoms with Crippen molar-refractivity contribution in [3.8, 4) is 11.3 Å². The molecular formula is C28H28N4O. The molecule has 1 saturated carbocycles. The van der Waals surface area contributed by atoms with Crippen LogP contribution in [0.2, 0.25) is 0 Å². The minimum absolute atomic E-state index is 0.0293. The standard InChI is InChI=1S/C28H28N4O/c33-28(30-25-16-17-25)27(23-14-8-3-9-15-23)29-18-24-20-32(19-21-10-4-1-5-11-21)31-26(24)22-12-6-2-7-13-22/h1-15,20,25,27,29H,16-19H2,(H,30,33)/t27-/m0/s1. The lowest BCUT2D eigenvalue weighted by molar-refractivity contribution is -0.123. The Kier molecular flexibility index (Phi) is 6.31. The van der Waals surface area contributed by atoms with Gasteiger partial charge in [-0.25, -0.2) is 0 Å². The molecule has 1 aromatic heterocycles. The third kappa shape index (κ3) is 5.38. The minimum atomic E-state index is -0.409. The molecule has 5 rings (SSSR count). The minimum Gasteiger partial charge on any atom is -0.352 e. The van der Waals surface area contributed by atoms with Gasteiger partial charge in [-0.3, -0.25) is 14.8 Å². The van der Waals surface area contributed by atoms with Gasteiger partial charge in [-0.2, -0.15) is 5.10 Å². The van der Waals surface area contributed by atoms with Gasteiger partial charge < -0.3 is 5.32 Å². The average molecular weight is 437 g/mol. The molecule has 1 heterocycles. The van der Waals surface area contributed by atoms with Gasteiger partial charge in [0.1, 0.15) is 6.04 Å². The molecule has 5 nitrogen and oxygen atoms in total. The lowest BCUT2D eigenvalue weighted by atomic mass is 10.0. The highest BCUT2D eigenvalue weighted by Crippen LogP contribution is 2.25. The van der Waals surface area contributed by atoms with Crippen molar-refractivity contribution in [3.05, 3.63) is 114 Å². The molecule has 4 aromatic rings. The smallest absolute Gasteiger partial charge is 0.241 e. The summed E-state index contributed by atoms with van der Waals surface area (Å²) in [6.07, 6.45) is 4.22. The number of aromatic nitrogens is 2. The largest absolute Gasteiger partial charge is 0.352 e. The second-order valence-electron chi connectivity index (χ2n) is 8.56. The van der Waals surface area contributed by atoms with E-state index >= 15 is 0 Å². The molecule has 1 atom stereocenters. The molecule has 0 unspecified atom stereocenters. The monoisotopic (exact) mass is 436 g/mol. The number of hydrogen-bond donors (Lipinski definition) is 2. The molecular weight excluding hydrogens is 408 g/mol. The summed E-state index contributed by atoms with van der Waals surface area (Å²) in [4.78, 5) is 13.0. The number of nitrogens with zero attached hydrogens (tertiary/aromatic N) is 2. The zero-order chi connectivity index (χ0) is 22.5. The summed E-state index contributed by atoms with van der Waals surface area (Å²) in [5.41, 5.74) is 5.24. The summed E-state index contributed by atoms with van der Waals surface area (Å²) < 4.78 is 1.98. The van der Waals surface area contributed by atoms with Gasteiger partial charge in [0.25, 0.3) is 0 Å². The quantitative estimate of drug-likeness (QED) is 0.400. The maximum atomic E-state index is 13.0. The second kappa shape index (κ2) is 9.84. The fourth-order valence-electron chi connectivity index (χ4n) is 4.01. The number of hydrogen-bond acceptors (Lipinski definition) is 3. The van der Waals surface area contributed by atoms with Crippen LogP contribution in [0.1, 0.15) is 35.6 Å². The Labute approximate surface area is 194 Å². The van der Waals surface area contributed by atoms with E-state index in [2.05, 4.69) is 41.1 Å². The number of carbonyl (C=O) groups is 1. The van der Waals surface area contributed by atoms with Gasteiger partial charge in [-0.15, -0.1) is 0 Å². The number of nitrogens with one attached hydrogen (secondary N) is 2. The van der Waals surface area contributed by atoms with Crippen molar-refractivity contribution in [3.63, 3.8) is 0 Å². The molecule has 1 aliphatic rings. The lowest BCUT2D eigenvalue weighted by Crippen LogP contribution is -2.38. The maximum Gasteiger partial charge on any atom is 0.241 e. The third-order valence-electron chi connectivity index (χ3n) is 5.89. The highest BCUT2D eigenvalue weighted by Gasteiger charge is 2.28. The van der Waals surface area contributed by atoms with E-state index in [9.17, 15) is 4.79 Å². The van der Waals surface area contributed by atoms with E-state index in [-0.39, 0.29) is 5.91 Å². The van der Waals surface area contributed by atoms with Crippen molar-refractivity contribution in [1.29, 1.82) is 0 Å². The molecule has 5 heteroatoms. The fraction of sp³-hybridized carbons (Fsp3) is 0.214. The summed E-state index contributed by atoms with van der Waals surface area (Å²) in [6.45, 7) is 1.24. The molecule has 0 saturated heterocycles. The van der Waals surface area contributed by atoms with Crippen LogP contribution in [0.4, 0.5) is 0 Å². The van der Waals surface area contributed by atoms with Crippen LogP contribution in [0.25, 0.3) is 11.3 Å². The van der Waals surface area contributed by atoms with Crippen LogP contribution < -0.4 is 10.6 Å². The Bertz CT molecular complexity index is 1180. The van der Waals surface area contributed by atoms with Crippen LogP contribution in [0.15, 0.2) is 97.2 Å². The SMILES string of the molecule is O=C(NC1CC1)[C@@H](NCc1cn(Cc2ccccc2)nc1-c1ccccc1)c1ccccc1. The van der Waals surface area contributed by atoms with Crippen LogP contribution in [-0.4, -0.2) is 21.7 Å². The average Bonchev–Trinajstić information content (AvgIpc) is 3.59. The Morgan fingerprint density at radius 3 is 2.21 bits per heavy atom. The molecule has 1 aliphatic carbocycles. The fourth-order valence-corrected chi connectivity index (χ4v) is 4.01. The Balaban J connectivity index is 1.41. The van der Waals surface area contributed by atoms with Crippen LogP contribution >= 0.6 is 0 Å². The Morgan fingerprint density at radius 2 is 1.55 bits per heavy atom. The molecule has 1 fully saturated rings. The molecule has 0 aliphatic heterocycles. The Morgan fingerprint density at radius 1 is 0.909 bits per heavy atom.